The molecule has 0 aliphatic carbocycles. The van der Waals surface area contributed by atoms with Crippen LogP contribution in [0.25, 0.3) is 0 Å². The van der Waals surface area contributed by atoms with Crippen LogP contribution in [0.1, 0.15) is 30.9 Å². The number of aliphatic carboxylic acids is 1. The number of rotatable bonds is 6. The molecule has 0 aromatic heterocycles. The molecule has 0 radical (unpaired) electrons. The van der Waals surface area contributed by atoms with Crippen LogP contribution in [0.5, 0.6) is 5.75 Å². The third-order valence-corrected chi connectivity index (χ3v) is 3.85. The lowest BCUT2D eigenvalue weighted by Gasteiger charge is -2.36. The van der Waals surface area contributed by atoms with Gasteiger partial charge in [-0.3, -0.25) is 9.69 Å². The summed E-state index contributed by atoms with van der Waals surface area (Å²) < 4.78 is 5.73. The molecule has 1 aromatic carbocycles. The average Bonchev–Trinajstić information content (AvgIpc) is 2.31. The van der Waals surface area contributed by atoms with Gasteiger partial charge >= 0.3 is 5.97 Å². The molecule has 4 heteroatoms. The standard InChI is InChI=1S/C16H23NO3/c1-11(2)15-5-4-14(8-12(15)3)20-7-6-17-9-13(10-17)16(18)19/h4-5,8,11,13H,6-7,9-10H2,1-3H3,(H,18,19). The molecular formula is C16H23NO3. The Morgan fingerprint density at radius 3 is 2.70 bits per heavy atom. The van der Waals surface area contributed by atoms with Crippen LogP contribution in [0.3, 0.4) is 0 Å². The van der Waals surface area contributed by atoms with Crippen molar-refractivity contribution in [2.24, 2.45) is 5.92 Å². The van der Waals surface area contributed by atoms with Crippen molar-refractivity contribution in [2.45, 2.75) is 26.7 Å². The number of ether oxygens (including phenoxy) is 1. The van der Waals surface area contributed by atoms with E-state index in [1.807, 2.05) is 6.07 Å². The summed E-state index contributed by atoms with van der Waals surface area (Å²) in [6, 6.07) is 6.21. The van der Waals surface area contributed by atoms with E-state index in [0.717, 1.165) is 12.3 Å². The Labute approximate surface area is 120 Å². The predicted molar refractivity (Wildman–Crippen MR) is 78.3 cm³/mol. The first-order valence-electron chi connectivity index (χ1n) is 7.16. The fourth-order valence-electron chi connectivity index (χ4n) is 2.59. The van der Waals surface area contributed by atoms with Crippen LogP contribution < -0.4 is 4.74 Å². The third-order valence-electron chi connectivity index (χ3n) is 3.85. The molecule has 2 rings (SSSR count). The topological polar surface area (TPSA) is 49.8 Å². The molecule has 1 N–H and O–H groups in total. The number of likely N-dealkylation sites (tertiary alicyclic amines) is 1. The molecule has 4 nitrogen and oxygen atoms in total. The zero-order valence-electron chi connectivity index (χ0n) is 12.4. The molecule has 1 fully saturated rings. The molecule has 0 spiro atoms. The first kappa shape index (κ1) is 14.9. The zero-order valence-corrected chi connectivity index (χ0v) is 12.4. The van der Waals surface area contributed by atoms with Gasteiger partial charge in [0.1, 0.15) is 12.4 Å². The van der Waals surface area contributed by atoms with Crippen LogP contribution in [-0.2, 0) is 4.79 Å². The summed E-state index contributed by atoms with van der Waals surface area (Å²) in [7, 11) is 0. The van der Waals surface area contributed by atoms with Gasteiger partial charge in [-0.25, -0.2) is 0 Å². The maximum Gasteiger partial charge on any atom is 0.309 e. The average molecular weight is 277 g/mol. The highest BCUT2D eigenvalue weighted by Crippen LogP contribution is 2.23. The van der Waals surface area contributed by atoms with Crippen molar-refractivity contribution in [3.8, 4) is 5.75 Å². The van der Waals surface area contributed by atoms with E-state index in [2.05, 4.69) is 37.8 Å². The summed E-state index contributed by atoms with van der Waals surface area (Å²) in [6.45, 7) is 9.15. The molecule has 1 aromatic rings. The smallest absolute Gasteiger partial charge is 0.309 e. The molecule has 20 heavy (non-hydrogen) atoms. The highest BCUT2D eigenvalue weighted by atomic mass is 16.5. The number of hydrogen-bond donors (Lipinski definition) is 1. The number of aryl methyl sites for hydroxylation is 1. The highest BCUT2D eigenvalue weighted by molar-refractivity contribution is 5.71. The van der Waals surface area contributed by atoms with Gasteiger partial charge in [-0.1, -0.05) is 19.9 Å². The Hall–Kier alpha value is -1.55. The number of carboxylic acid groups (broad SMARTS) is 1. The Bertz CT molecular complexity index is 479. The lowest BCUT2D eigenvalue weighted by molar-refractivity contribution is -0.147. The maximum atomic E-state index is 10.7. The molecule has 110 valence electrons. The van der Waals surface area contributed by atoms with Crippen LogP contribution in [0.4, 0.5) is 0 Å². The fourth-order valence-corrected chi connectivity index (χ4v) is 2.59. The second-order valence-electron chi connectivity index (χ2n) is 5.82. The molecule has 0 saturated carbocycles. The predicted octanol–water partition coefficient (Wildman–Crippen LogP) is 2.51. The van der Waals surface area contributed by atoms with Crippen LogP contribution in [-0.4, -0.2) is 42.2 Å². The van der Waals surface area contributed by atoms with Crippen LogP contribution in [0.15, 0.2) is 18.2 Å². The first-order valence-corrected chi connectivity index (χ1v) is 7.16. The van der Waals surface area contributed by atoms with Gasteiger partial charge in [0.15, 0.2) is 0 Å². The van der Waals surface area contributed by atoms with Gasteiger partial charge < -0.3 is 9.84 Å². The second kappa shape index (κ2) is 6.27. The summed E-state index contributed by atoms with van der Waals surface area (Å²) in [5.74, 6) is 0.532. The van der Waals surface area contributed by atoms with Crippen molar-refractivity contribution in [3.05, 3.63) is 29.3 Å². The van der Waals surface area contributed by atoms with Crippen LogP contribution in [0, 0.1) is 12.8 Å². The minimum atomic E-state index is -0.693. The Morgan fingerprint density at radius 1 is 1.45 bits per heavy atom. The lowest BCUT2D eigenvalue weighted by atomic mass is 9.98. The number of carbonyl (C=O) groups is 1. The molecule has 1 heterocycles. The van der Waals surface area contributed by atoms with Gasteiger partial charge in [0, 0.05) is 19.6 Å². The van der Waals surface area contributed by atoms with Crippen molar-refractivity contribution in [1.82, 2.24) is 4.90 Å². The Kier molecular flexibility index (Phi) is 4.65. The van der Waals surface area contributed by atoms with Crippen LogP contribution >= 0.6 is 0 Å². The molecule has 0 amide bonds. The summed E-state index contributed by atoms with van der Waals surface area (Å²) in [6.07, 6.45) is 0. The van der Waals surface area contributed by atoms with E-state index in [0.29, 0.717) is 25.6 Å². The summed E-state index contributed by atoms with van der Waals surface area (Å²) >= 11 is 0. The van der Waals surface area contributed by atoms with E-state index in [9.17, 15) is 4.79 Å². The number of hydrogen-bond acceptors (Lipinski definition) is 3. The van der Waals surface area contributed by atoms with Gasteiger partial charge in [0.05, 0.1) is 5.92 Å². The molecule has 0 bridgehead atoms. The van der Waals surface area contributed by atoms with E-state index in [1.54, 1.807) is 0 Å². The lowest BCUT2D eigenvalue weighted by Crippen LogP contribution is -2.51. The first-order chi connectivity index (χ1) is 9.47. The highest BCUT2D eigenvalue weighted by Gasteiger charge is 2.31. The van der Waals surface area contributed by atoms with Crippen LogP contribution in [0.2, 0.25) is 0 Å². The summed E-state index contributed by atoms with van der Waals surface area (Å²) in [4.78, 5) is 12.8. The number of carboxylic acids is 1. The Balaban J connectivity index is 1.75. The Morgan fingerprint density at radius 2 is 2.15 bits per heavy atom. The largest absolute Gasteiger partial charge is 0.492 e. The number of benzene rings is 1. The van der Waals surface area contributed by atoms with E-state index in [4.69, 9.17) is 9.84 Å². The molecule has 1 aliphatic rings. The monoisotopic (exact) mass is 277 g/mol. The zero-order chi connectivity index (χ0) is 14.7. The summed E-state index contributed by atoms with van der Waals surface area (Å²) in [5, 5.41) is 8.80. The third kappa shape index (κ3) is 3.51. The second-order valence-corrected chi connectivity index (χ2v) is 5.82. The van der Waals surface area contributed by atoms with Crippen molar-refractivity contribution >= 4 is 5.97 Å². The van der Waals surface area contributed by atoms with Gasteiger partial charge in [-0.2, -0.15) is 0 Å². The van der Waals surface area contributed by atoms with E-state index >= 15 is 0 Å². The van der Waals surface area contributed by atoms with Crippen molar-refractivity contribution < 1.29 is 14.6 Å². The molecule has 0 unspecified atom stereocenters. The molecule has 1 aliphatic heterocycles. The fraction of sp³-hybridized carbons (Fsp3) is 0.562. The summed E-state index contributed by atoms with van der Waals surface area (Å²) in [5.41, 5.74) is 2.61. The normalized spacial score (nSPS) is 16.2. The van der Waals surface area contributed by atoms with Gasteiger partial charge in [-0.05, 0) is 36.1 Å². The molecule has 1 saturated heterocycles. The van der Waals surface area contributed by atoms with Crippen molar-refractivity contribution in [1.29, 1.82) is 0 Å². The SMILES string of the molecule is Cc1cc(OCCN2CC(C(=O)O)C2)ccc1C(C)C. The van der Waals surface area contributed by atoms with Gasteiger partial charge in [0.2, 0.25) is 0 Å². The molecular weight excluding hydrogens is 254 g/mol. The maximum absolute atomic E-state index is 10.7. The minimum absolute atomic E-state index is 0.192. The number of nitrogens with zero attached hydrogens (tertiary/aromatic N) is 1. The quantitative estimate of drug-likeness (QED) is 0.868. The molecule has 0 atom stereocenters. The van der Waals surface area contributed by atoms with Crippen molar-refractivity contribution in [2.75, 3.05) is 26.2 Å². The minimum Gasteiger partial charge on any atom is -0.492 e. The van der Waals surface area contributed by atoms with Gasteiger partial charge in [0.25, 0.3) is 0 Å². The van der Waals surface area contributed by atoms with E-state index in [1.165, 1.54) is 11.1 Å². The van der Waals surface area contributed by atoms with Crippen molar-refractivity contribution in [3.63, 3.8) is 0 Å². The van der Waals surface area contributed by atoms with E-state index in [-0.39, 0.29) is 5.92 Å². The van der Waals surface area contributed by atoms with E-state index < -0.39 is 5.97 Å². The van der Waals surface area contributed by atoms with Gasteiger partial charge in [-0.15, -0.1) is 0 Å².